The number of rotatable bonds is 6. The molecule has 114 valence electrons. The van der Waals surface area contributed by atoms with Gasteiger partial charge in [0.25, 0.3) is 11.8 Å². The number of aliphatic hydroxyl groups excluding tert-OH is 1. The molecule has 0 radical (unpaired) electrons. The lowest BCUT2D eigenvalue weighted by Crippen LogP contribution is -2.35. The zero-order valence-corrected chi connectivity index (χ0v) is 13.0. The third-order valence-corrected chi connectivity index (χ3v) is 4.22. The van der Waals surface area contributed by atoms with E-state index in [1.54, 1.807) is 0 Å². The second-order valence-electron chi connectivity index (χ2n) is 5.84. The van der Waals surface area contributed by atoms with Gasteiger partial charge < -0.3 is 5.11 Å². The summed E-state index contributed by atoms with van der Waals surface area (Å²) in [7, 11) is 0. The van der Waals surface area contributed by atoms with E-state index in [0.29, 0.717) is 24.1 Å². The third-order valence-electron chi connectivity index (χ3n) is 4.22. The lowest BCUT2D eigenvalue weighted by molar-refractivity contribution is 0.0615. The van der Waals surface area contributed by atoms with Crippen molar-refractivity contribution in [3.63, 3.8) is 0 Å². The Balaban J connectivity index is 2.29. The van der Waals surface area contributed by atoms with E-state index in [0.717, 1.165) is 24.0 Å². The smallest absolute Gasteiger partial charge is 0.261 e. The summed E-state index contributed by atoms with van der Waals surface area (Å²) in [5.41, 5.74) is 2.81. The number of hydrogen-bond donors (Lipinski definition) is 1. The molecule has 0 saturated heterocycles. The van der Waals surface area contributed by atoms with Crippen LogP contribution in [0.5, 0.6) is 0 Å². The van der Waals surface area contributed by atoms with E-state index in [2.05, 4.69) is 6.92 Å². The zero-order valence-electron chi connectivity index (χ0n) is 13.0. The summed E-state index contributed by atoms with van der Waals surface area (Å²) in [6.45, 7) is 6.29. The fourth-order valence-electron chi connectivity index (χ4n) is 3.07. The molecule has 1 N–H and O–H groups in total. The number of aliphatic hydroxyl groups is 1. The predicted octanol–water partition coefficient (Wildman–Crippen LogP) is 2.70. The minimum absolute atomic E-state index is 0.0892. The third kappa shape index (κ3) is 2.86. The van der Waals surface area contributed by atoms with Crippen molar-refractivity contribution in [1.82, 2.24) is 4.90 Å². The predicted molar refractivity (Wildman–Crippen MR) is 81.4 cm³/mol. The van der Waals surface area contributed by atoms with Crippen LogP contribution in [0.1, 0.15) is 58.0 Å². The van der Waals surface area contributed by atoms with Gasteiger partial charge >= 0.3 is 0 Å². The van der Waals surface area contributed by atoms with E-state index in [1.165, 1.54) is 4.90 Å². The van der Waals surface area contributed by atoms with Crippen LogP contribution in [0.15, 0.2) is 12.1 Å². The van der Waals surface area contributed by atoms with Crippen LogP contribution in [0.4, 0.5) is 0 Å². The molecule has 0 bridgehead atoms. The molecule has 1 aliphatic heterocycles. The number of amides is 2. The van der Waals surface area contributed by atoms with Crippen LogP contribution in [0.2, 0.25) is 0 Å². The monoisotopic (exact) mass is 289 g/mol. The van der Waals surface area contributed by atoms with Gasteiger partial charge in [0.15, 0.2) is 0 Å². The highest BCUT2D eigenvalue weighted by Gasteiger charge is 2.38. The molecule has 0 spiro atoms. The first kappa shape index (κ1) is 15.7. The summed E-state index contributed by atoms with van der Waals surface area (Å²) in [5, 5.41) is 9.14. The molecule has 1 aromatic rings. The van der Waals surface area contributed by atoms with E-state index in [9.17, 15) is 9.59 Å². The first-order chi connectivity index (χ1) is 10.0. The van der Waals surface area contributed by atoms with Gasteiger partial charge in [-0.25, -0.2) is 0 Å². The number of hydrogen-bond acceptors (Lipinski definition) is 3. The Labute approximate surface area is 125 Å². The highest BCUT2D eigenvalue weighted by Crippen LogP contribution is 2.30. The second kappa shape index (κ2) is 6.39. The largest absolute Gasteiger partial charge is 0.396 e. The van der Waals surface area contributed by atoms with Crippen molar-refractivity contribution < 1.29 is 14.7 Å². The summed E-state index contributed by atoms with van der Waals surface area (Å²) >= 11 is 0. The Morgan fingerprint density at radius 2 is 1.57 bits per heavy atom. The SMILES string of the molecule is CCCC(CCO)CN1C(=O)c2c(C)ccc(C)c2C1=O. The van der Waals surface area contributed by atoms with Gasteiger partial charge in [0, 0.05) is 13.2 Å². The Morgan fingerprint density at radius 1 is 1.05 bits per heavy atom. The average Bonchev–Trinajstić information content (AvgIpc) is 2.69. The first-order valence-electron chi connectivity index (χ1n) is 7.58. The molecule has 0 aromatic heterocycles. The molecular weight excluding hydrogens is 266 g/mol. The molecular formula is C17H23NO3. The van der Waals surface area contributed by atoms with Crippen LogP contribution in [-0.4, -0.2) is 35.0 Å². The van der Waals surface area contributed by atoms with Crippen molar-refractivity contribution in [2.24, 2.45) is 5.92 Å². The molecule has 21 heavy (non-hydrogen) atoms. The van der Waals surface area contributed by atoms with E-state index >= 15 is 0 Å². The van der Waals surface area contributed by atoms with Crippen LogP contribution in [0.3, 0.4) is 0 Å². The van der Waals surface area contributed by atoms with Gasteiger partial charge in [0.1, 0.15) is 0 Å². The number of carbonyl (C=O) groups is 2. The molecule has 1 unspecified atom stereocenters. The summed E-state index contributed by atoms with van der Waals surface area (Å²) in [6, 6.07) is 3.78. The Kier molecular flexibility index (Phi) is 4.78. The van der Waals surface area contributed by atoms with E-state index in [-0.39, 0.29) is 24.3 Å². The van der Waals surface area contributed by atoms with Gasteiger partial charge in [-0.3, -0.25) is 14.5 Å². The molecule has 2 amide bonds. The van der Waals surface area contributed by atoms with Crippen molar-refractivity contribution in [2.75, 3.05) is 13.2 Å². The molecule has 4 nitrogen and oxygen atoms in total. The van der Waals surface area contributed by atoms with Crippen molar-refractivity contribution >= 4 is 11.8 Å². The lowest BCUT2D eigenvalue weighted by atomic mass is 9.99. The average molecular weight is 289 g/mol. The first-order valence-corrected chi connectivity index (χ1v) is 7.58. The Morgan fingerprint density at radius 3 is 2.00 bits per heavy atom. The number of benzene rings is 1. The molecule has 4 heteroatoms. The summed E-state index contributed by atoms with van der Waals surface area (Å²) in [4.78, 5) is 26.5. The van der Waals surface area contributed by atoms with Gasteiger partial charge in [-0.05, 0) is 43.7 Å². The van der Waals surface area contributed by atoms with Gasteiger partial charge in [-0.2, -0.15) is 0 Å². The minimum atomic E-state index is -0.185. The van der Waals surface area contributed by atoms with Crippen molar-refractivity contribution in [2.45, 2.75) is 40.0 Å². The number of imide groups is 1. The van der Waals surface area contributed by atoms with Crippen LogP contribution in [0, 0.1) is 19.8 Å². The molecule has 1 aliphatic rings. The summed E-state index contributed by atoms with van der Waals surface area (Å²) in [6.07, 6.45) is 2.51. The standard InChI is InChI=1S/C17H23NO3/c1-4-5-13(8-9-19)10-18-16(20)14-11(2)6-7-12(3)15(14)17(18)21/h6-7,13,19H,4-5,8-10H2,1-3H3. The van der Waals surface area contributed by atoms with E-state index in [4.69, 9.17) is 5.11 Å². The normalized spacial score (nSPS) is 15.5. The quantitative estimate of drug-likeness (QED) is 0.819. The van der Waals surface area contributed by atoms with Crippen LogP contribution < -0.4 is 0 Å². The van der Waals surface area contributed by atoms with Gasteiger partial charge in [-0.1, -0.05) is 25.5 Å². The van der Waals surface area contributed by atoms with Gasteiger partial charge in [-0.15, -0.1) is 0 Å². The van der Waals surface area contributed by atoms with Gasteiger partial charge in [0.05, 0.1) is 11.1 Å². The fourth-order valence-corrected chi connectivity index (χ4v) is 3.07. The van der Waals surface area contributed by atoms with Crippen LogP contribution in [-0.2, 0) is 0 Å². The highest BCUT2D eigenvalue weighted by atomic mass is 16.3. The fraction of sp³-hybridized carbons (Fsp3) is 0.529. The Bertz CT molecular complexity index is 518. The number of fused-ring (bicyclic) bond motifs is 1. The highest BCUT2D eigenvalue weighted by molar-refractivity contribution is 6.22. The molecule has 2 rings (SSSR count). The molecule has 1 aromatic carbocycles. The molecule has 0 aliphatic carbocycles. The summed E-state index contributed by atoms with van der Waals surface area (Å²) < 4.78 is 0. The molecule has 1 atom stereocenters. The maximum Gasteiger partial charge on any atom is 0.261 e. The maximum absolute atomic E-state index is 12.6. The number of carbonyl (C=O) groups excluding carboxylic acids is 2. The maximum atomic E-state index is 12.6. The topological polar surface area (TPSA) is 57.6 Å². The van der Waals surface area contributed by atoms with E-state index in [1.807, 2.05) is 26.0 Å². The molecule has 1 heterocycles. The van der Waals surface area contributed by atoms with Gasteiger partial charge in [0.2, 0.25) is 0 Å². The Hall–Kier alpha value is -1.68. The summed E-state index contributed by atoms with van der Waals surface area (Å²) in [5.74, 6) is -0.201. The minimum Gasteiger partial charge on any atom is -0.396 e. The van der Waals surface area contributed by atoms with Crippen molar-refractivity contribution in [1.29, 1.82) is 0 Å². The number of nitrogens with zero attached hydrogens (tertiary/aromatic N) is 1. The molecule has 0 saturated carbocycles. The van der Waals surface area contributed by atoms with Crippen LogP contribution in [0.25, 0.3) is 0 Å². The van der Waals surface area contributed by atoms with Crippen molar-refractivity contribution in [3.05, 3.63) is 34.4 Å². The van der Waals surface area contributed by atoms with Crippen molar-refractivity contribution in [3.8, 4) is 0 Å². The lowest BCUT2D eigenvalue weighted by Gasteiger charge is -2.21. The second-order valence-corrected chi connectivity index (χ2v) is 5.84. The zero-order chi connectivity index (χ0) is 15.6. The molecule has 0 fully saturated rings. The van der Waals surface area contributed by atoms with E-state index < -0.39 is 0 Å². The number of aryl methyl sites for hydroxylation is 2. The van der Waals surface area contributed by atoms with Crippen LogP contribution >= 0.6 is 0 Å².